The summed E-state index contributed by atoms with van der Waals surface area (Å²) in [6.45, 7) is 4.57. The van der Waals surface area contributed by atoms with Crippen LogP contribution in [0.1, 0.15) is 145 Å². The molecule has 0 atom stereocenters. The third-order valence-corrected chi connectivity index (χ3v) is 9.73. The van der Waals surface area contributed by atoms with E-state index in [4.69, 9.17) is 0 Å². The van der Waals surface area contributed by atoms with Crippen molar-refractivity contribution in [3.8, 4) is 12.1 Å². The Morgan fingerprint density at radius 1 is 0.812 bits per heavy atom. The molecule has 0 radical (unpaired) electrons. The van der Waals surface area contributed by atoms with Gasteiger partial charge in [0.05, 0.1) is 11.1 Å². The van der Waals surface area contributed by atoms with E-state index in [1.54, 1.807) is 0 Å². The molecule has 0 aliphatic heterocycles. The standard InChI is InChI=1S/C30H42N2/c1-3-5-6-14-29-15-18-30(19-16-29,20-17-29)28-13-12-25(26(21-31)27(28)22-32)24-10-8-23(7-4-2)9-11-24/h12-13,23-24H,3-11,14-20H2,1-2H3/t23-,24-,29?,30?. The van der Waals surface area contributed by atoms with Gasteiger partial charge in [0.2, 0.25) is 0 Å². The normalized spacial score (nSPS) is 31.8. The summed E-state index contributed by atoms with van der Waals surface area (Å²) >= 11 is 0. The maximum absolute atomic E-state index is 10.2. The molecule has 4 saturated carbocycles. The predicted octanol–water partition coefficient (Wildman–Crippen LogP) is 8.68. The molecular formula is C30H42N2. The molecule has 0 aromatic heterocycles. The largest absolute Gasteiger partial charge is 0.192 e. The van der Waals surface area contributed by atoms with Gasteiger partial charge in [-0.2, -0.15) is 10.5 Å². The van der Waals surface area contributed by atoms with Crippen molar-refractivity contribution >= 4 is 0 Å². The van der Waals surface area contributed by atoms with Crippen LogP contribution in [0.25, 0.3) is 0 Å². The quantitative estimate of drug-likeness (QED) is 0.387. The van der Waals surface area contributed by atoms with Gasteiger partial charge in [-0.1, -0.05) is 58.1 Å². The van der Waals surface area contributed by atoms with Gasteiger partial charge >= 0.3 is 0 Å². The van der Waals surface area contributed by atoms with Gasteiger partial charge < -0.3 is 0 Å². The first-order valence-corrected chi connectivity index (χ1v) is 13.6. The van der Waals surface area contributed by atoms with Gasteiger partial charge in [-0.3, -0.25) is 0 Å². The van der Waals surface area contributed by atoms with Gasteiger partial charge in [-0.15, -0.1) is 0 Å². The number of benzene rings is 1. The molecule has 5 rings (SSSR count). The Labute approximate surface area is 196 Å². The third kappa shape index (κ3) is 4.36. The summed E-state index contributed by atoms with van der Waals surface area (Å²) in [7, 11) is 0. The zero-order valence-electron chi connectivity index (χ0n) is 20.5. The Morgan fingerprint density at radius 3 is 2.03 bits per heavy atom. The average Bonchev–Trinajstić information content (AvgIpc) is 2.85. The van der Waals surface area contributed by atoms with Gasteiger partial charge in [-0.05, 0) is 104 Å². The highest BCUT2D eigenvalue weighted by Gasteiger charge is 2.49. The molecule has 32 heavy (non-hydrogen) atoms. The Hall–Kier alpha value is -1.80. The summed E-state index contributed by atoms with van der Waals surface area (Å²) in [6, 6.07) is 9.56. The minimum Gasteiger partial charge on any atom is -0.192 e. The lowest BCUT2D eigenvalue weighted by Crippen LogP contribution is -2.44. The topological polar surface area (TPSA) is 47.6 Å². The third-order valence-electron chi connectivity index (χ3n) is 9.73. The molecule has 4 aliphatic carbocycles. The molecule has 4 fully saturated rings. The maximum atomic E-state index is 10.2. The first-order chi connectivity index (χ1) is 15.6. The van der Waals surface area contributed by atoms with Crippen LogP contribution in [0.15, 0.2) is 12.1 Å². The average molecular weight is 431 g/mol. The van der Waals surface area contributed by atoms with Crippen molar-refractivity contribution in [2.45, 2.75) is 128 Å². The Balaban J connectivity index is 1.55. The van der Waals surface area contributed by atoms with E-state index in [9.17, 15) is 10.5 Å². The first-order valence-electron chi connectivity index (χ1n) is 13.6. The summed E-state index contributed by atoms with van der Waals surface area (Å²) in [6.07, 6.45) is 20.5. The zero-order chi connectivity index (χ0) is 22.6. The van der Waals surface area contributed by atoms with E-state index in [0.717, 1.165) is 11.5 Å². The number of hydrogen-bond donors (Lipinski definition) is 0. The Morgan fingerprint density at radius 2 is 1.47 bits per heavy atom. The number of fused-ring (bicyclic) bond motifs is 3. The van der Waals surface area contributed by atoms with Crippen molar-refractivity contribution in [2.24, 2.45) is 11.3 Å². The molecule has 0 heterocycles. The highest BCUT2D eigenvalue weighted by atomic mass is 14.5. The highest BCUT2D eigenvalue weighted by Crippen LogP contribution is 2.60. The molecular weight excluding hydrogens is 388 g/mol. The number of nitrogens with zero attached hydrogens (tertiary/aromatic N) is 2. The van der Waals surface area contributed by atoms with Gasteiger partial charge in [0.25, 0.3) is 0 Å². The van der Waals surface area contributed by atoms with Crippen LogP contribution in [0.3, 0.4) is 0 Å². The van der Waals surface area contributed by atoms with E-state index in [1.165, 1.54) is 114 Å². The maximum Gasteiger partial charge on any atom is 0.101 e. The summed E-state index contributed by atoms with van der Waals surface area (Å²) in [4.78, 5) is 0. The SMILES string of the molecule is CCCCCC12CCC(c3ccc([C@H]4CC[C@H](CCC)CC4)c(C#N)c3C#N)(CC1)CC2. The van der Waals surface area contributed by atoms with Crippen molar-refractivity contribution in [2.75, 3.05) is 0 Å². The second kappa shape index (κ2) is 10.00. The molecule has 1 aromatic carbocycles. The van der Waals surface area contributed by atoms with E-state index in [2.05, 4.69) is 38.1 Å². The van der Waals surface area contributed by atoms with Crippen LogP contribution in [0.5, 0.6) is 0 Å². The number of nitriles is 2. The Bertz CT molecular complexity index is 851. The number of rotatable bonds is 8. The van der Waals surface area contributed by atoms with Crippen molar-refractivity contribution in [3.63, 3.8) is 0 Å². The monoisotopic (exact) mass is 430 g/mol. The molecule has 1 aromatic rings. The molecule has 0 amide bonds. The molecule has 2 bridgehead atoms. The molecule has 172 valence electrons. The van der Waals surface area contributed by atoms with Crippen LogP contribution in [0.4, 0.5) is 0 Å². The van der Waals surface area contributed by atoms with Gasteiger partial charge in [-0.25, -0.2) is 0 Å². The molecule has 0 saturated heterocycles. The van der Waals surface area contributed by atoms with E-state index >= 15 is 0 Å². The molecule has 2 nitrogen and oxygen atoms in total. The fourth-order valence-corrected chi connectivity index (χ4v) is 7.60. The van der Waals surface area contributed by atoms with Crippen LogP contribution in [-0.4, -0.2) is 0 Å². The minimum absolute atomic E-state index is 0.139. The van der Waals surface area contributed by atoms with E-state index in [1.807, 2.05) is 0 Å². The lowest BCUT2D eigenvalue weighted by atomic mass is 9.50. The zero-order valence-corrected chi connectivity index (χ0v) is 20.5. The van der Waals surface area contributed by atoms with Crippen molar-refractivity contribution in [1.82, 2.24) is 0 Å². The molecule has 2 heteroatoms. The lowest BCUT2D eigenvalue weighted by molar-refractivity contribution is 0.0304. The van der Waals surface area contributed by atoms with Crippen LogP contribution in [0.2, 0.25) is 0 Å². The fraction of sp³-hybridized carbons (Fsp3) is 0.733. The van der Waals surface area contributed by atoms with Gasteiger partial charge in [0, 0.05) is 0 Å². The summed E-state index contributed by atoms with van der Waals surface area (Å²) < 4.78 is 0. The predicted molar refractivity (Wildman–Crippen MR) is 131 cm³/mol. The van der Waals surface area contributed by atoms with Gasteiger partial charge in [0.15, 0.2) is 0 Å². The van der Waals surface area contributed by atoms with E-state index in [0.29, 0.717) is 16.9 Å². The van der Waals surface area contributed by atoms with Crippen molar-refractivity contribution in [3.05, 3.63) is 34.4 Å². The first kappa shape index (κ1) is 23.4. The van der Waals surface area contributed by atoms with Gasteiger partial charge in [0.1, 0.15) is 12.1 Å². The smallest absolute Gasteiger partial charge is 0.101 e. The number of unbranched alkanes of at least 4 members (excludes halogenated alkanes) is 2. The van der Waals surface area contributed by atoms with Crippen LogP contribution in [-0.2, 0) is 5.41 Å². The van der Waals surface area contributed by atoms with Crippen LogP contribution >= 0.6 is 0 Å². The molecule has 0 N–H and O–H groups in total. The molecule has 0 spiro atoms. The van der Waals surface area contributed by atoms with Crippen molar-refractivity contribution in [1.29, 1.82) is 10.5 Å². The summed E-state index contributed by atoms with van der Waals surface area (Å²) in [5, 5.41) is 20.4. The fourth-order valence-electron chi connectivity index (χ4n) is 7.60. The Kier molecular flexibility index (Phi) is 7.30. The van der Waals surface area contributed by atoms with E-state index < -0.39 is 0 Å². The second-order valence-electron chi connectivity index (χ2n) is 11.4. The highest BCUT2D eigenvalue weighted by molar-refractivity contribution is 5.58. The van der Waals surface area contributed by atoms with Crippen LogP contribution < -0.4 is 0 Å². The summed E-state index contributed by atoms with van der Waals surface area (Å²) in [5.74, 6) is 1.32. The minimum atomic E-state index is 0.139. The molecule has 4 aliphatic rings. The number of hydrogen-bond acceptors (Lipinski definition) is 2. The van der Waals surface area contributed by atoms with E-state index in [-0.39, 0.29) is 5.41 Å². The lowest BCUT2D eigenvalue weighted by Gasteiger charge is -2.54. The van der Waals surface area contributed by atoms with Crippen LogP contribution in [0, 0.1) is 34.0 Å². The molecule has 0 unspecified atom stereocenters. The summed E-state index contributed by atoms with van der Waals surface area (Å²) in [5.41, 5.74) is 4.52. The van der Waals surface area contributed by atoms with Crippen molar-refractivity contribution < 1.29 is 0 Å². The second-order valence-corrected chi connectivity index (χ2v) is 11.4.